The molecule has 0 aromatic rings. The van der Waals surface area contributed by atoms with E-state index in [1.54, 1.807) is 13.8 Å². The van der Waals surface area contributed by atoms with Crippen molar-refractivity contribution in [1.29, 1.82) is 0 Å². The van der Waals surface area contributed by atoms with E-state index in [2.05, 4.69) is 0 Å². The summed E-state index contributed by atoms with van der Waals surface area (Å²) in [6.07, 6.45) is -0.166. The Morgan fingerprint density at radius 2 is 2.27 bits per heavy atom. The molecule has 15 heavy (non-hydrogen) atoms. The van der Waals surface area contributed by atoms with E-state index in [1.165, 1.54) is 4.90 Å². The summed E-state index contributed by atoms with van der Waals surface area (Å²) in [4.78, 5) is 23.4. The minimum atomic E-state index is -0.909. The Morgan fingerprint density at radius 1 is 1.60 bits per heavy atom. The second kappa shape index (κ2) is 5.00. The van der Waals surface area contributed by atoms with Gasteiger partial charge in [0.25, 0.3) is 0 Å². The number of hydrogen-bond acceptors (Lipinski definition) is 3. The van der Waals surface area contributed by atoms with Gasteiger partial charge in [-0.3, -0.25) is 4.79 Å². The predicted octanol–water partition coefficient (Wildman–Crippen LogP) is 1.19. The summed E-state index contributed by atoms with van der Waals surface area (Å²) in [6.45, 7) is 4.90. The van der Waals surface area contributed by atoms with Gasteiger partial charge in [0, 0.05) is 13.1 Å². The minimum Gasteiger partial charge on any atom is -0.466 e. The molecule has 86 valence electrons. The van der Waals surface area contributed by atoms with Crippen molar-refractivity contribution in [2.45, 2.75) is 20.3 Å². The Balaban J connectivity index is 2.46. The minimum absolute atomic E-state index is 0.0974. The Bertz CT molecular complexity index is 254. The molecule has 0 bridgehead atoms. The zero-order chi connectivity index (χ0) is 11.4. The molecule has 5 heteroatoms. The van der Waals surface area contributed by atoms with Gasteiger partial charge in [-0.25, -0.2) is 4.79 Å². The fourth-order valence-electron chi connectivity index (χ4n) is 1.84. The van der Waals surface area contributed by atoms with Gasteiger partial charge in [-0.1, -0.05) is 6.92 Å². The fourth-order valence-corrected chi connectivity index (χ4v) is 1.84. The van der Waals surface area contributed by atoms with Gasteiger partial charge in [-0.15, -0.1) is 0 Å². The van der Waals surface area contributed by atoms with Crippen LogP contribution in [0, 0.1) is 11.8 Å². The lowest BCUT2D eigenvalue weighted by Gasteiger charge is -2.17. The van der Waals surface area contributed by atoms with Gasteiger partial charge in [-0.2, -0.15) is 0 Å². The Morgan fingerprint density at radius 3 is 2.73 bits per heavy atom. The summed E-state index contributed by atoms with van der Waals surface area (Å²) < 4.78 is 4.91. The van der Waals surface area contributed by atoms with E-state index in [1.807, 2.05) is 0 Å². The Labute approximate surface area is 89.0 Å². The molecule has 0 spiro atoms. The highest BCUT2D eigenvalue weighted by Crippen LogP contribution is 2.24. The second-order valence-corrected chi connectivity index (χ2v) is 3.82. The van der Waals surface area contributed by atoms with E-state index in [0.29, 0.717) is 19.7 Å². The number of carbonyl (C=O) groups excluding carboxylic acids is 1. The monoisotopic (exact) mass is 215 g/mol. The molecule has 1 fully saturated rings. The average Bonchev–Trinajstić information content (AvgIpc) is 2.65. The van der Waals surface area contributed by atoms with E-state index in [0.717, 1.165) is 6.42 Å². The highest BCUT2D eigenvalue weighted by Gasteiger charge is 2.33. The van der Waals surface area contributed by atoms with E-state index in [-0.39, 0.29) is 17.8 Å². The van der Waals surface area contributed by atoms with Crippen molar-refractivity contribution >= 4 is 12.1 Å². The number of hydrogen-bond donors (Lipinski definition) is 1. The molecule has 1 rings (SSSR count). The van der Waals surface area contributed by atoms with Crippen LogP contribution in [0.25, 0.3) is 0 Å². The summed E-state index contributed by atoms with van der Waals surface area (Å²) >= 11 is 0. The molecule has 2 unspecified atom stereocenters. The molecule has 0 saturated carbocycles. The summed E-state index contributed by atoms with van der Waals surface area (Å²) in [5.41, 5.74) is 0. The molecule has 1 amide bonds. The molecule has 1 aliphatic rings. The number of rotatable bonds is 3. The highest BCUT2D eigenvalue weighted by molar-refractivity contribution is 5.72. The topological polar surface area (TPSA) is 66.8 Å². The van der Waals surface area contributed by atoms with Crippen molar-refractivity contribution in [3.63, 3.8) is 0 Å². The Kier molecular flexibility index (Phi) is 3.94. The van der Waals surface area contributed by atoms with Crippen molar-refractivity contribution in [3.8, 4) is 0 Å². The van der Waals surface area contributed by atoms with Crippen molar-refractivity contribution in [2.24, 2.45) is 11.8 Å². The standard InChI is InChI=1S/C10H17NO4/c1-3-15-9(12)7(2)8-4-5-11(6-8)10(13)14/h7-8H,3-6H2,1-2H3,(H,13,14). The van der Waals surface area contributed by atoms with Crippen LogP contribution in [-0.2, 0) is 9.53 Å². The van der Waals surface area contributed by atoms with Crippen LogP contribution < -0.4 is 0 Å². The molecule has 2 atom stereocenters. The van der Waals surface area contributed by atoms with Crippen molar-refractivity contribution in [2.75, 3.05) is 19.7 Å². The van der Waals surface area contributed by atoms with Crippen molar-refractivity contribution in [1.82, 2.24) is 4.90 Å². The first-order chi connectivity index (χ1) is 7.06. The van der Waals surface area contributed by atoms with Crippen LogP contribution >= 0.6 is 0 Å². The first kappa shape index (κ1) is 11.8. The maximum atomic E-state index is 11.4. The molecule has 0 aromatic carbocycles. The van der Waals surface area contributed by atoms with Crippen LogP contribution in [-0.4, -0.2) is 41.8 Å². The number of carbonyl (C=O) groups is 2. The molecular formula is C10H17NO4. The number of nitrogens with zero attached hydrogens (tertiary/aromatic N) is 1. The van der Waals surface area contributed by atoms with E-state index in [9.17, 15) is 9.59 Å². The van der Waals surface area contributed by atoms with Crippen molar-refractivity contribution < 1.29 is 19.4 Å². The smallest absolute Gasteiger partial charge is 0.407 e. The van der Waals surface area contributed by atoms with Gasteiger partial charge < -0.3 is 14.7 Å². The quantitative estimate of drug-likeness (QED) is 0.718. The summed E-state index contributed by atoms with van der Waals surface area (Å²) in [7, 11) is 0. The third kappa shape index (κ3) is 2.84. The molecular weight excluding hydrogens is 198 g/mol. The molecule has 0 aliphatic carbocycles. The van der Waals surface area contributed by atoms with Crippen LogP contribution in [0.5, 0.6) is 0 Å². The summed E-state index contributed by atoms with van der Waals surface area (Å²) in [5.74, 6) is -0.343. The van der Waals surface area contributed by atoms with Crippen LogP contribution in [0.15, 0.2) is 0 Å². The molecule has 1 aliphatic heterocycles. The van der Waals surface area contributed by atoms with E-state index in [4.69, 9.17) is 9.84 Å². The second-order valence-electron chi connectivity index (χ2n) is 3.82. The lowest BCUT2D eigenvalue weighted by Crippen LogP contribution is -2.30. The van der Waals surface area contributed by atoms with Gasteiger partial charge in [0.2, 0.25) is 0 Å². The SMILES string of the molecule is CCOC(=O)C(C)C1CCN(C(=O)O)C1. The van der Waals surface area contributed by atoms with Gasteiger partial charge in [0.15, 0.2) is 0 Å². The zero-order valence-electron chi connectivity index (χ0n) is 9.10. The lowest BCUT2D eigenvalue weighted by atomic mass is 9.93. The summed E-state index contributed by atoms with van der Waals surface area (Å²) in [6, 6.07) is 0. The molecule has 1 heterocycles. The molecule has 0 aromatic heterocycles. The van der Waals surface area contributed by atoms with Crippen molar-refractivity contribution in [3.05, 3.63) is 0 Å². The number of amides is 1. The third-order valence-corrected chi connectivity index (χ3v) is 2.86. The number of carboxylic acid groups (broad SMARTS) is 1. The first-order valence-electron chi connectivity index (χ1n) is 5.20. The number of ether oxygens (including phenoxy) is 1. The lowest BCUT2D eigenvalue weighted by molar-refractivity contribution is -0.149. The molecule has 0 radical (unpaired) electrons. The average molecular weight is 215 g/mol. The predicted molar refractivity (Wildman–Crippen MR) is 53.5 cm³/mol. The van der Waals surface area contributed by atoms with Crippen LogP contribution in [0.2, 0.25) is 0 Å². The largest absolute Gasteiger partial charge is 0.466 e. The van der Waals surface area contributed by atoms with Gasteiger partial charge in [0.1, 0.15) is 0 Å². The molecule has 1 saturated heterocycles. The third-order valence-electron chi connectivity index (χ3n) is 2.86. The number of likely N-dealkylation sites (tertiary alicyclic amines) is 1. The normalized spacial score (nSPS) is 22.5. The zero-order valence-corrected chi connectivity index (χ0v) is 9.10. The van der Waals surface area contributed by atoms with Gasteiger partial charge >= 0.3 is 12.1 Å². The van der Waals surface area contributed by atoms with E-state index >= 15 is 0 Å². The summed E-state index contributed by atoms with van der Waals surface area (Å²) in [5, 5.41) is 8.76. The maximum absolute atomic E-state index is 11.4. The Hall–Kier alpha value is -1.26. The van der Waals surface area contributed by atoms with Crippen LogP contribution in [0.1, 0.15) is 20.3 Å². The van der Waals surface area contributed by atoms with Crippen LogP contribution in [0.4, 0.5) is 4.79 Å². The molecule has 5 nitrogen and oxygen atoms in total. The fraction of sp³-hybridized carbons (Fsp3) is 0.800. The van der Waals surface area contributed by atoms with E-state index < -0.39 is 6.09 Å². The maximum Gasteiger partial charge on any atom is 0.407 e. The molecule has 1 N–H and O–H groups in total. The van der Waals surface area contributed by atoms with Crippen LogP contribution in [0.3, 0.4) is 0 Å². The number of esters is 1. The highest BCUT2D eigenvalue weighted by atomic mass is 16.5. The van der Waals surface area contributed by atoms with Gasteiger partial charge in [0.05, 0.1) is 12.5 Å². The van der Waals surface area contributed by atoms with Gasteiger partial charge in [-0.05, 0) is 19.3 Å². The first-order valence-corrected chi connectivity index (χ1v) is 5.20.